The summed E-state index contributed by atoms with van der Waals surface area (Å²) in [6, 6.07) is 22.1. The molecule has 5 heteroatoms. The molecule has 3 N–H and O–H groups in total. The van der Waals surface area contributed by atoms with Gasteiger partial charge in [0.25, 0.3) is 5.91 Å². The molecule has 0 saturated heterocycles. The van der Waals surface area contributed by atoms with Crippen LogP contribution in [0.3, 0.4) is 0 Å². The van der Waals surface area contributed by atoms with Crippen molar-refractivity contribution in [3.8, 4) is 11.5 Å². The number of hydrogen-bond acceptors (Lipinski definition) is 4. The van der Waals surface area contributed by atoms with Crippen LogP contribution in [0, 0.1) is 6.92 Å². The van der Waals surface area contributed by atoms with Crippen LogP contribution in [-0.4, -0.2) is 17.6 Å². The molecule has 0 atom stereocenters. The number of phenols is 1. The fourth-order valence-corrected chi connectivity index (χ4v) is 2.47. The van der Waals surface area contributed by atoms with Crippen LogP contribution in [-0.2, 0) is 11.3 Å². The molecule has 0 aromatic heterocycles. The summed E-state index contributed by atoms with van der Waals surface area (Å²) in [5.41, 5.74) is 3.91. The number of rotatable bonds is 7. The van der Waals surface area contributed by atoms with E-state index in [1.165, 1.54) is 0 Å². The lowest BCUT2D eigenvalue weighted by Gasteiger charge is -2.09. The molecule has 0 aliphatic rings. The topological polar surface area (TPSA) is 70.6 Å². The fourth-order valence-electron chi connectivity index (χ4n) is 2.47. The second-order valence-corrected chi connectivity index (χ2v) is 6.25. The van der Waals surface area contributed by atoms with Crippen molar-refractivity contribution in [1.82, 2.24) is 0 Å². The van der Waals surface area contributed by atoms with Crippen molar-refractivity contribution in [2.24, 2.45) is 0 Å². The Kier molecular flexibility index (Phi) is 5.94. The minimum absolute atomic E-state index is 0.0427. The number of anilines is 2. The first-order chi connectivity index (χ1) is 13.1. The summed E-state index contributed by atoms with van der Waals surface area (Å²) >= 11 is 0. The van der Waals surface area contributed by atoms with Gasteiger partial charge in [-0.05, 0) is 61.0 Å². The van der Waals surface area contributed by atoms with E-state index in [-0.39, 0.29) is 18.3 Å². The van der Waals surface area contributed by atoms with Crippen LogP contribution >= 0.6 is 0 Å². The van der Waals surface area contributed by atoms with Crippen LogP contribution in [0.5, 0.6) is 11.5 Å². The minimum atomic E-state index is -0.197. The number of amides is 1. The molecule has 27 heavy (non-hydrogen) atoms. The number of carbonyl (C=O) groups is 1. The third-order valence-electron chi connectivity index (χ3n) is 3.99. The van der Waals surface area contributed by atoms with Crippen LogP contribution in [0.1, 0.15) is 11.1 Å². The zero-order chi connectivity index (χ0) is 19.1. The molecule has 138 valence electrons. The van der Waals surface area contributed by atoms with Gasteiger partial charge in [0.05, 0.1) is 0 Å². The molecule has 0 aliphatic heterocycles. The Bertz CT molecular complexity index is 873. The number of ether oxygens (including phenoxy) is 1. The van der Waals surface area contributed by atoms with E-state index in [4.69, 9.17) is 4.74 Å². The van der Waals surface area contributed by atoms with Crippen molar-refractivity contribution < 1.29 is 14.6 Å². The minimum Gasteiger partial charge on any atom is -0.508 e. The number of phenolic OH excluding ortho intramolecular Hbond substituents is 1. The molecular weight excluding hydrogens is 340 g/mol. The van der Waals surface area contributed by atoms with Crippen LogP contribution in [0.25, 0.3) is 0 Å². The molecule has 0 heterocycles. The molecule has 0 saturated carbocycles. The first-order valence-corrected chi connectivity index (χ1v) is 8.70. The molecule has 0 radical (unpaired) electrons. The number of aromatic hydroxyl groups is 1. The lowest BCUT2D eigenvalue weighted by atomic mass is 10.2. The van der Waals surface area contributed by atoms with Gasteiger partial charge in [-0.2, -0.15) is 0 Å². The van der Waals surface area contributed by atoms with E-state index >= 15 is 0 Å². The maximum atomic E-state index is 12.0. The predicted molar refractivity (Wildman–Crippen MR) is 107 cm³/mol. The van der Waals surface area contributed by atoms with E-state index in [0.29, 0.717) is 12.3 Å². The van der Waals surface area contributed by atoms with E-state index in [2.05, 4.69) is 10.6 Å². The van der Waals surface area contributed by atoms with Gasteiger partial charge in [0, 0.05) is 17.9 Å². The van der Waals surface area contributed by atoms with Gasteiger partial charge in [-0.1, -0.05) is 29.8 Å². The number of nitrogens with one attached hydrogen (secondary N) is 2. The number of benzene rings is 3. The summed E-state index contributed by atoms with van der Waals surface area (Å²) in [5.74, 6) is 0.688. The fraction of sp³-hybridized carbons (Fsp3) is 0.136. The predicted octanol–water partition coefficient (Wildman–Crippen LogP) is 4.33. The summed E-state index contributed by atoms with van der Waals surface area (Å²) < 4.78 is 5.53. The monoisotopic (exact) mass is 362 g/mol. The van der Waals surface area contributed by atoms with Crippen molar-refractivity contribution in [1.29, 1.82) is 0 Å². The third kappa shape index (κ3) is 5.78. The molecule has 0 bridgehead atoms. The average Bonchev–Trinajstić information content (AvgIpc) is 2.68. The van der Waals surface area contributed by atoms with E-state index in [9.17, 15) is 9.90 Å². The molecule has 0 unspecified atom stereocenters. The summed E-state index contributed by atoms with van der Waals surface area (Å²) in [6.45, 7) is 2.61. The largest absolute Gasteiger partial charge is 0.508 e. The molecule has 0 spiro atoms. The Morgan fingerprint density at radius 3 is 2.19 bits per heavy atom. The zero-order valence-corrected chi connectivity index (χ0v) is 15.1. The lowest BCUT2D eigenvalue weighted by molar-refractivity contribution is -0.118. The van der Waals surface area contributed by atoms with Gasteiger partial charge in [-0.25, -0.2) is 0 Å². The Morgan fingerprint density at radius 1 is 0.889 bits per heavy atom. The Hall–Kier alpha value is -3.47. The molecule has 1 amide bonds. The molecule has 0 fully saturated rings. The second kappa shape index (κ2) is 8.76. The summed E-state index contributed by atoms with van der Waals surface area (Å²) in [4.78, 5) is 12.0. The first kappa shape index (κ1) is 18.3. The van der Waals surface area contributed by atoms with Crippen molar-refractivity contribution in [3.63, 3.8) is 0 Å². The van der Waals surface area contributed by atoms with Crippen LogP contribution in [0.2, 0.25) is 0 Å². The van der Waals surface area contributed by atoms with E-state index in [1.807, 2.05) is 67.6 Å². The van der Waals surface area contributed by atoms with Crippen LogP contribution in [0.15, 0.2) is 72.8 Å². The molecule has 3 aromatic rings. The smallest absolute Gasteiger partial charge is 0.262 e. The van der Waals surface area contributed by atoms with Gasteiger partial charge in [0.15, 0.2) is 6.61 Å². The van der Waals surface area contributed by atoms with Gasteiger partial charge in [-0.15, -0.1) is 0 Å². The zero-order valence-electron chi connectivity index (χ0n) is 15.1. The quantitative estimate of drug-likeness (QED) is 0.547. The second-order valence-electron chi connectivity index (χ2n) is 6.25. The van der Waals surface area contributed by atoms with Gasteiger partial charge in [0.2, 0.25) is 0 Å². The molecule has 5 nitrogen and oxygen atoms in total. The molecule has 3 rings (SSSR count). The summed E-state index contributed by atoms with van der Waals surface area (Å²) in [6.07, 6.45) is 0. The average molecular weight is 362 g/mol. The SMILES string of the molecule is Cc1ccc(NC(=O)COc2ccc(CNc3ccc(O)cc3)cc2)cc1. The van der Waals surface area contributed by atoms with Gasteiger partial charge in [-0.3, -0.25) is 4.79 Å². The van der Waals surface area contributed by atoms with E-state index in [1.54, 1.807) is 12.1 Å². The highest BCUT2D eigenvalue weighted by molar-refractivity contribution is 5.91. The molecular formula is C22H22N2O3. The van der Waals surface area contributed by atoms with Crippen molar-refractivity contribution in [3.05, 3.63) is 83.9 Å². The normalized spacial score (nSPS) is 10.3. The highest BCUT2D eigenvalue weighted by Crippen LogP contribution is 2.17. The molecule has 3 aromatic carbocycles. The number of carbonyl (C=O) groups excluding carboxylic acids is 1. The Labute approximate surface area is 158 Å². The summed E-state index contributed by atoms with van der Waals surface area (Å²) in [5, 5.41) is 15.4. The first-order valence-electron chi connectivity index (χ1n) is 8.70. The maximum Gasteiger partial charge on any atom is 0.262 e. The van der Waals surface area contributed by atoms with Crippen molar-refractivity contribution >= 4 is 17.3 Å². The highest BCUT2D eigenvalue weighted by Gasteiger charge is 2.04. The Morgan fingerprint density at radius 2 is 1.52 bits per heavy atom. The van der Waals surface area contributed by atoms with Crippen LogP contribution < -0.4 is 15.4 Å². The van der Waals surface area contributed by atoms with Gasteiger partial charge in [0.1, 0.15) is 11.5 Å². The van der Waals surface area contributed by atoms with Crippen molar-refractivity contribution in [2.45, 2.75) is 13.5 Å². The number of aryl methyl sites for hydroxylation is 1. The van der Waals surface area contributed by atoms with E-state index in [0.717, 1.165) is 22.5 Å². The van der Waals surface area contributed by atoms with Crippen LogP contribution in [0.4, 0.5) is 11.4 Å². The Balaban J connectivity index is 1.45. The number of hydrogen-bond donors (Lipinski definition) is 3. The maximum absolute atomic E-state index is 12.0. The van der Waals surface area contributed by atoms with Crippen molar-refractivity contribution in [2.75, 3.05) is 17.2 Å². The lowest BCUT2D eigenvalue weighted by Crippen LogP contribution is -2.20. The summed E-state index contributed by atoms with van der Waals surface area (Å²) in [7, 11) is 0. The third-order valence-corrected chi connectivity index (χ3v) is 3.99. The molecule has 0 aliphatic carbocycles. The van der Waals surface area contributed by atoms with Gasteiger partial charge >= 0.3 is 0 Å². The van der Waals surface area contributed by atoms with Gasteiger partial charge < -0.3 is 20.5 Å². The standard InChI is InChI=1S/C22H22N2O3/c1-16-2-6-19(7-3-16)24-22(26)15-27-21-12-4-17(5-13-21)14-23-18-8-10-20(25)11-9-18/h2-13,23,25H,14-15H2,1H3,(H,24,26). The highest BCUT2D eigenvalue weighted by atomic mass is 16.5. The van der Waals surface area contributed by atoms with E-state index < -0.39 is 0 Å².